The first kappa shape index (κ1) is 22.6. The third-order valence-electron chi connectivity index (χ3n) is 7.48. The normalized spacial score (nSPS) is 25.5. The minimum absolute atomic E-state index is 0.0233. The largest absolute Gasteiger partial charge is 0.508 e. The van der Waals surface area contributed by atoms with Crippen molar-refractivity contribution in [3.05, 3.63) is 77.0 Å². The maximum absolute atomic E-state index is 13.6. The average Bonchev–Trinajstić information content (AvgIpc) is 2.84. The van der Waals surface area contributed by atoms with Gasteiger partial charge in [0.1, 0.15) is 17.8 Å². The first-order chi connectivity index (χ1) is 16.5. The van der Waals surface area contributed by atoms with Crippen molar-refractivity contribution in [1.82, 2.24) is 0 Å². The molecule has 2 aliphatic carbocycles. The fraction of sp³-hybridized carbons (Fsp3) is 0.414. The summed E-state index contributed by atoms with van der Waals surface area (Å²) in [5, 5.41) is 10.2. The van der Waals surface area contributed by atoms with Crippen LogP contribution in [0.5, 0.6) is 5.75 Å². The molecule has 1 N–H and O–H groups in total. The number of ether oxygens (including phenoxy) is 1. The van der Waals surface area contributed by atoms with E-state index in [1.807, 2.05) is 31.2 Å². The van der Waals surface area contributed by atoms with E-state index in [1.165, 1.54) is 6.42 Å². The van der Waals surface area contributed by atoms with Gasteiger partial charge in [-0.2, -0.15) is 0 Å². The summed E-state index contributed by atoms with van der Waals surface area (Å²) in [4.78, 5) is 32.0. The Balaban J connectivity index is 1.53. The van der Waals surface area contributed by atoms with Crippen molar-refractivity contribution >= 4 is 17.5 Å². The van der Waals surface area contributed by atoms with Gasteiger partial charge in [-0.05, 0) is 68.2 Å². The summed E-state index contributed by atoms with van der Waals surface area (Å²) < 4.78 is 5.97. The second-order valence-corrected chi connectivity index (χ2v) is 9.80. The van der Waals surface area contributed by atoms with Gasteiger partial charge in [-0.15, -0.1) is 0 Å². The summed E-state index contributed by atoms with van der Waals surface area (Å²) in [6, 6.07) is 17.0. The van der Waals surface area contributed by atoms with Crippen LogP contribution in [0.15, 0.2) is 70.9 Å². The summed E-state index contributed by atoms with van der Waals surface area (Å²) in [5.41, 5.74) is 3.92. The first-order valence-electron chi connectivity index (χ1n) is 12.4. The maximum Gasteiger partial charge on any atom is 0.315 e. The Morgan fingerprint density at radius 3 is 2.44 bits per heavy atom. The molecule has 1 aliphatic heterocycles. The number of aromatic hydroxyl groups is 1. The molecule has 1 heterocycles. The number of benzene rings is 2. The molecule has 0 aromatic heterocycles. The Kier molecular flexibility index (Phi) is 6.36. The van der Waals surface area contributed by atoms with Crippen molar-refractivity contribution in [3.8, 4) is 5.75 Å². The molecule has 176 valence electrons. The van der Waals surface area contributed by atoms with Crippen LogP contribution in [0.25, 0.3) is 0 Å². The SMILES string of the molecule is CC1=NC2=C(C(=O)C[C@H](c3ccccc3)C2)[C@@H](c2cccc(O)c2)C1C(=O)OC1CCCCC1. The summed E-state index contributed by atoms with van der Waals surface area (Å²) in [6.07, 6.45) is 6.06. The molecule has 5 nitrogen and oxygen atoms in total. The van der Waals surface area contributed by atoms with Gasteiger partial charge in [0.05, 0.1) is 0 Å². The van der Waals surface area contributed by atoms with Crippen molar-refractivity contribution in [2.24, 2.45) is 10.9 Å². The third-order valence-corrected chi connectivity index (χ3v) is 7.48. The highest BCUT2D eigenvalue weighted by Gasteiger charge is 2.45. The third kappa shape index (κ3) is 4.44. The van der Waals surface area contributed by atoms with Crippen LogP contribution in [0, 0.1) is 5.92 Å². The molecule has 0 radical (unpaired) electrons. The number of aliphatic imine (C=N–C) groups is 1. The molecule has 1 saturated carbocycles. The van der Waals surface area contributed by atoms with Crippen molar-refractivity contribution in [1.29, 1.82) is 0 Å². The molecule has 0 amide bonds. The number of phenolic OH excluding ortho intramolecular Hbond substituents is 1. The lowest BCUT2D eigenvalue weighted by Crippen LogP contribution is -2.39. The van der Waals surface area contributed by atoms with Gasteiger partial charge >= 0.3 is 5.97 Å². The lowest BCUT2D eigenvalue weighted by atomic mass is 9.69. The van der Waals surface area contributed by atoms with E-state index in [-0.39, 0.29) is 29.5 Å². The zero-order chi connectivity index (χ0) is 23.7. The van der Waals surface area contributed by atoms with Gasteiger partial charge in [-0.3, -0.25) is 14.6 Å². The molecule has 3 aliphatic rings. The number of esters is 1. The molecule has 3 atom stereocenters. The van der Waals surface area contributed by atoms with Gasteiger partial charge in [-0.25, -0.2) is 0 Å². The lowest BCUT2D eigenvalue weighted by molar-refractivity contribution is -0.153. The minimum Gasteiger partial charge on any atom is -0.508 e. The molecule has 2 aromatic rings. The lowest BCUT2D eigenvalue weighted by Gasteiger charge is -2.37. The van der Waals surface area contributed by atoms with Crippen molar-refractivity contribution in [2.75, 3.05) is 0 Å². The molecule has 0 spiro atoms. The quantitative estimate of drug-likeness (QED) is 0.585. The van der Waals surface area contributed by atoms with Crippen molar-refractivity contribution in [2.45, 2.75) is 69.8 Å². The monoisotopic (exact) mass is 457 g/mol. The van der Waals surface area contributed by atoms with Crippen LogP contribution in [-0.4, -0.2) is 28.7 Å². The zero-order valence-corrected chi connectivity index (χ0v) is 19.6. The second kappa shape index (κ2) is 9.57. The molecule has 1 unspecified atom stereocenters. The van der Waals surface area contributed by atoms with Gasteiger partial charge in [0.2, 0.25) is 0 Å². The highest BCUT2D eigenvalue weighted by Crippen LogP contribution is 2.47. The number of hydrogen-bond donors (Lipinski definition) is 1. The van der Waals surface area contributed by atoms with Crippen LogP contribution >= 0.6 is 0 Å². The molecular formula is C29H31NO4. The predicted molar refractivity (Wildman–Crippen MR) is 131 cm³/mol. The van der Waals surface area contributed by atoms with E-state index in [2.05, 4.69) is 12.1 Å². The molecule has 0 bridgehead atoms. The van der Waals surface area contributed by atoms with E-state index < -0.39 is 11.8 Å². The van der Waals surface area contributed by atoms with E-state index in [0.29, 0.717) is 24.1 Å². The van der Waals surface area contributed by atoms with Crippen LogP contribution in [0.4, 0.5) is 0 Å². The first-order valence-corrected chi connectivity index (χ1v) is 12.4. The predicted octanol–water partition coefficient (Wildman–Crippen LogP) is 5.84. The van der Waals surface area contributed by atoms with Gasteiger partial charge in [0.15, 0.2) is 5.78 Å². The molecule has 0 saturated heterocycles. The maximum atomic E-state index is 13.6. The highest BCUT2D eigenvalue weighted by molar-refractivity contribution is 6.09. The van der Waals surface area contributed by atoms with E-state index in [0.717, 1.165) is 42.5 Å². The number of rotatable bonds is 4. The number of nitrogens with zero attached hydrogens (tertiary/aromatic N) is 1. The second-order valence-electron chi connectivity index (χ2n) is 9.80. The molecule has 5 heteroatoms. The van der Waals surface area contributed by atoms with Gasteiger partial charge in [-0.1, -0.05) is 48.9 Å². The van der Waals surface area contributed by atoms with E-state index >= 15 is 0 Å². The number of carbonyl (C=O) groups is 2. The molecule has 1 fully saturated rings. The fourth-order valence-electron chi connectivity index (χ4n) is 5.82. The Hall–Kier alpha value is -3.21. The fourth-order valence-corrected chi connectivity index (χ4v) is 5.82. The Morgan fingerprint density at radius 1 is 0.971 bits per heavy atom. The minimum atomic E-state index is -0.667. The number of hydrogen-bond acceptors (Lipinski definition) is 5. The Labute approximate surface area is 200 Å². The van der Waals surface area contributed by atoms with Crippen molar-refractivity contribution in [3.63, 3.8) is 0 Å². The number of Topliss-reactive ketones (excluding diaryl/α,β-unsaturated/α-hetero) is 1. The van der Waals surface area contributed by atoms with E-state index in [9.17, 15) is 14.7 Å². The molecule has 2 aromatic carbocycles. The summed E-state index contributed by atoms with van der Waals surface area (Å²) in [5.74, 6) is -1.27. The van der Waals surface area contributed by atoms with Crippen LogP contribution < -0.4 is 0 Å². The Morgan fingerprint density at radius 2 is 1.71 bits per heavy atom. The Bertz CT molecular complexity index is 1140. The summed E-state index contributed by atoms with van der Waals surface area (Å²) >= 11 is 0. The van der Waals surface area contributed by atoms with Crippen LogP contribution in [0.3, 0.4) is 0 Å². The van der Waals surface area contributed by atoms with Crippen LogP contribution in [0.2, 0.25) is 0 Å². The van der Waals surface area contributed by atoms with Crippen LogP contribution in [0.1, 0.15) is 74.8 Å². The zero-order valence-electron chi connectivity index (χ0n) is 19.6. The molecule has 34 heavy (non-hydrogen) atoms. The van der Waals surface area contributed by atoms with E-state index in [1.54, 1.807) is 18.2 Å². The molecular weight excluding hydrogens is 426 g/mol. The smallest absolute Gasteiger partial charge is 0.315 e. The van der Waals surface area contributed by atoms with Gasteiger partial charge in [0.25, 0.3) is 0 Å². The molecule has 5 rings (SSSR count). The number of phenols is 1. The summed E-state index contributed by atoms with van der Waals surface area (Å²) in [6.45, 7) is 1.86. The number of carbonyl (C=O) groups excluding carboxylic acids is 2. The number of ketones is 1. The van der Waals surface area contributed by atoms with Gasteiger partial charge in [0, 0.05) is 29.3 Å². The van der Waals surface area contributed by atoms with Crippen molar-refractivity contribution < 1.29 is 19.4 Å². The topological polar surface area (TPSA) is 76.0 Å². The standard InChI is InChI=1S/C29H31NO4/c1-18-26(29(33)34-23-13-6-3-7-14-23)27(20-11-8-12-22(31)15-20)28-24(30-18)16-21(17-25(28)32)19-9-4-2-5-10-19/h2,4-5,8-12,15,21,23,26-27,31H,3,6-7,13-14,16-17H2,1H3/t21-,26?,27+/m1/s1. The number of allylic oxidation sites excluding steroid dienone is 2. The van der Waals surface area contributed by atoms with E-state index in [4.69, 9.17) is 9.73 Å². The van der Waals surface area contributed by atoms with Gasteiger partial charge < -0.3 is 9.84 Å². The highest BCUT2D eigenvalue weighted by atomic mass is 16.5. The summed E-state index contributed by atoms with van der Waals surface area (Å²) in [7, 11) is 0. The average molecular weight is 458 g/mol. The van der Waals surface area contributed by atoms with Crippen LogP contribution in [-0.2, 0) is 14.3 Å².